The van der Waals surface area contributed by atoms with Gasteiger partial charge in [-0.2, -0.15) is 0 Å². The standard InChI is InChI=1S/C17H18ClNO/c1-11-4-5-14(9-15(11)10-20)13(3)19-16-6-7-17(18)12(2)8-16/h4-10,13,19H,1-3H3. The van der Waals surface area contributed by atoms with Gasteiger partial charge < -0.3 is 5.32 Å². The number of rotatable bonds is 4. The van der Waals surface area contributed by atoms with Gasteiger partial charge in [-0.15, -0.1) is 0 Å². The number of aryl methyl sites for hydroxylation is 2. The van der Waals surface area contributed by atoms with E-state index in [2.05, 4.69) is 12.2 Å². The summed E-state index contributed by atoms with van der Waals surface area (Å²) < 4.78 is 0. The minimum absolute atomic E-state index is 0.120. The van der Waals surface area contributed by atoms with Crippen LogP contribution in [0.1, 0.15) is 40.0 Å². The van der Waals surface area contributed by atoms with Crippen LogP contribution in [0.5, 0.6) is 0 Å². The lowest BCUT2D eigenvalue weighted by Gasteiger charge is -2.17. The molecule has 0 saturated carbocycles. The van der Waals surface area contributed by atoms with Crippen LogP contribution >= 0.6 is 11.6 Å². The minimum Gasteiger partial charge on any atom is -0.379 e. The van der Waals surface area contributed by atoms with Gasteiger partial charge in [-0.25, -0.2) is 0 Å². The smallest absolute Gasteiger partial charge is 0.150 e. The molecule has 2 rings (SSSR count). The molecule has 0 heterocycles. The summed E-state index contributed by atoms with van der Waals surface area (Å²) in [5, 5.41) is 4.19. The van der Waals surface area contributed by atoms with Crippen LogP contribution in [0.15, 0.2) is 36.4 Å². The molecule has 2 nitrogen and oxygen atoms in total. The molecule has 0 bridgehead atoms. The van der Waals surface area contributed by atoms with E-state index >= 15 is 0 Å². The summed E-state index contributed by atoms with van der Waals surface area (Å²) in [5.74, 6) is 0. The molecule has 2 aromatic carbocycles. The average molecular weight is 288 g/mol. The molecule has 0 aliphatic rings. The van der Waals surface area contributed by atoms with Crippen LogP contribution in [-0.4, -0.2) is 6.29 Å². The van der Waals surface area contributed by atoms with Gasteiger partial charge in [-0.1, -0.05) is 23.7 Å². The van der Waals surface area contributed by atoms with Crippen LogP contribution in [0.4, 0.5) is 5.69 Å². The summed E-state index contributed by atoms with van der Waals surface area (Å²) >= 11 is 6.02. The Morgan fingerprint density at radius 3 is 2.50 bits per heavy atom. The maximum atomic E-state index is 11.0. The van der Waals surface area contributed by atoms with E-state index in [1.54, 1.807) is 0 Å². The third kappa shape index (κ3) is 3.20. The Hall–Kier alpha value is -1.80. The molecule has 0 aromatic heterocycles. The van der Waals surface area contributed by atoms with Crippen molar-refractivity contribution < 1.29 is 4.79 Å². The van der Waals surface area contributed by atoms with Crippen molar-refractivity contribution in [3.63, 3.8) is 0 Å². The SMILES string of the molecule is Cc1cc(NC(C)c2ccc(C)c(C=O)c2)ccc1Cl. The van der Waals surface area contributed by atoms with Crippen LogP contribution in [0.25, 0.3) is 0 Å². The average Bonchev–Trinajstić information content (AvgIpc) is 2.43. The molecule has 3 heteroatoms. The first kappa shape index (κ1) is 14.6. The van der Waals surface area contributed by atoms with E-state index in [-0.39, 0.29) is 6.04 Å². The van der Waals surface area contributed by atoms with Crippen molar-refractivity contribution in [2.45, 2.75) is 26.8 Å². The second kappa shape index (κ2) is 6.10. The second-order valence-electron chi connectivity index (χ2n) is 5.06. The van der Waals surface area contributed by atoms with Crippen LogP contribution in [-0.2, 0) is 0 Å². The second-order valence-corrected chi connectivity index (χ2v) is 5.47. The van der Waals surface area contributed by atoms with Gasteiger partial charge in [-0.05, 0) is 61.7 Å². The highest BCUT2D eigenvalue weighted by Gasteiger charge is 2.08. The third-order valence-electron chi connectivity index (χ3n) is 3.47. The maximum Gasteiger partial charge on any atom is 0.150 e. The Kier molecular flexibility index (Phi) is 4.46. The molecule has 1 atom stereocenters. The summed E-state index contributed by atoms with van der Waals surface area (Å²) in [6.45, 7) is 5.99. The number of aldehydes is 1. The van der Waals surface area contributed by atoms with Gasteiger partial charge in [0.05, 0.1) is 0 Å². The van der Waals surface area contributed by atoms with Crippen LogP contribution in [0, 0.1) is 13.8 Å². The molecule has 0 radical (unpaired) electrons. The lowest BCUT2D eigenvalue weighted by atomic mass is 10.0. The van der Waals surface area contributed by atoms with Gasteiger partial charge >= 0.3 is 0 Å². The quantitative estimate of drug-likeness (QED) is 0.807. The fourth-order valence-electron chi connectivity index (χ4n) is 2.12. The predicted octanol–water partition coefficient (Wildman–Crippen LogP) is 4.94. The minimum atomic E-state index is 0.120. The third-order valence-corrected chi connectivity index (χ3v) is 3.90. The summed E-state index contributed by atoms with van der Waals surface area (Å²) in [4.78, 5) is 11.0. The van der Waals surface area contributed by atoms with E-state index in [9.17, 15) is 4.79 Å². The highest BCUT2D eigenvalue weighted by atomic mass is 35.5. The summed E-state index contributed by atoms with van der Waals surface area (Å²) in [6.07, 6.45) is 0.901. The molecule has 0 aliphatic carbocycles. The first-order chi connectivity index (χ1) is 9.51. The van der Waals surface area contributed by atoms with Crippen LogP contribution in [0.2, 0.25) is 5.02 Å². The Morgan fingerprint density at radius 2 is 1.85 bits per heavy atom. The lowest BCUT2D eigenvalue weighted by molar-refractivity contribution is 0.112. The molecular formula is C17H18ClNO. The summed E-state index contributed by atoms with van der Waals surface area (Å²) in [6, 6.07) is 11.9. The molecule has 0 spiro atoms. The molecule has 0 aliphatic heterocycles. The zero-order valence-electron chi connectivity index (χ0n) is 11.9. The lowest BCUT2D eigenvalue weighted by Crippen LogP contribution is -2.07. The van der Waals surface area contributed by atoms with Gasteiger partial charge in [-0.3, -0.25) is 4.79 Å². The van der Waals surface area contributed by atoms with Gasteiger partial charge in [0.2, 0.25) is 0 Å². The van der Waals surface area contributed by atoms with Crippen molar-refractivity contribution in [1.82, 2.24) is 0 Å². The van der Waals surface area contributed by atoms with Crippen molar-refractivity contribution in [2.75, 3.05) is 5.32 Å². The predicted molar refractivity (Wildman–Crippen MR) is 84.8 cm³/mol. The largest absolute Gasteiger partial charge is 0.379 e. The highest BCUT2D eigenvalue weighted by Crippen LogP contribution is 2.24. The number of nitrogens with one attached hydrogen (secondary N) is 1. The number of benzene rings is 2. The van der Waals surface area contributed by atoms with E-state index in [1.165, 1.54) is 0 Å². The van der Waals surface area contributed by atoms with Gasteiger partial charge in [0, 0.05) is 22.3 Å². The van der Waals surface area contributed by atoms with Crippen molar-refractivity contribution >= 4 is 23.6 Å². The molecular weight excluding hydrogens is 270 g/mol. The van der Waals surface area contributed by atoms with Gasteiger partial charge in [0.25, 0.3) is 0 Å². The molecule has 20 heavy (non-hydrogen) atoms. The van der Waals surface area contributed by atoms with E-state index < -0.39 is 0 Å². The number of carbonyl (C=O) groups excluding carboxylic acids is 1. The topological polar surface area (TPSA) is 29.1 Å². The highest BCUT2D eigenvalue weighted by molar-refractivity contribution is 6.31. The van der Waals surface area contributed by atoms with Crippen molar-refractivity contribution in [3.8, 4) is 0 Å². The zero-order chi connectivity index (χ0) is 14.7. The van der Waals surface area contributed by atoms with E-state index in [0.717, 1.165) is 39.2 Å². The Morgan fingerprint density at radius 1 is 1.10 bits per heavy atom. The maximum absolute atomic E-state index is 11.0. The first-order valence-electron chi connectivity index (χ1n) is 6.59. The van der Waals surface area contributed by atoms with Gasteiger partial charge in [0.1, 0.15) is 6.29 Å². The van der Waals surface area contributed by atoms with E-state index in [1.807, 2.05) is 50.2 Å². The monoisotopic (exact) mass is 287 g/mol. The Bertz CT molecular complexity index is 637. The first-order valence-corrected chi connectivity index (χ1v) is 6.97. The number of hydrogen-bond acceptors (Lipinski definition) is 2. The van der Waals surface area contributed by atoms with Crippen molar-refractivity contribution in [3.05, 3.63) is 63.7 Å². The fourth-order valence-corrected chi connectivity index (χ4v) is 2.24. The number of hydrogen-bond donors (Lipinski definition) is 1. The van der Waals surface area contributed by atoms with Crippen molar-refractivity contribution in [2.24, 2.45) is 0 Å². The molecule has 1 unspecified atom stereocenters. The molecule has 2 aromatic rings. The number of anilines is 1. The molecule has 1 N–H and O–H groups in total. The fraction of sp³-hybridized carbons (Fsp3) is 0.235. The summed E-state index contributed by atoms with van der Waals surface area (Å²) in [5.41, 5.74) is 4.89. The van der Waals surface area contributed by atoms with E-state index in [0.29, 0.717) is 0 Å². The van der Waals surface area contributed by atoms with E-state index in [4.69, 9.17) is 11.6 Å². The number of halogens is 1. The van der Waals surface area contributed by atoms with Gasteiger partial charge in [0.15, 0.2) is 0 Å². The Balaban J connectivity index is 2.21. The number of carbonyl (C=O) groups is 1. The molecule has 0 amide bonds. The molecule has 104 valence electrons. The molecule has 0 saturated heterocycles. The molecule has 0 fully saturated rings. The zero-order valence-corrected chi connectivity index (χ0v) is 12.7. The summed E-state index contributed by atoms with van der Waals surface area (Å²) in [7, 11) is 0. The normalized spacial score (nSPS) is 12.0. The van der Waals surface area contributed by atoms with Crippen LogP contribution < -0.4 is 5.32 Å². The Labute approximate surface area is 124 Å². The van der Waals surface area contributed by atoms with Crippen molar-refractivity contribution in [1.29, 1.82) is 0 Å². The van der Waals surface area contributed by atoms with Crippen LogP contribution in [0.3, 0.4) is 0 Å².